The maximum Gasteiger partial charge on any atom is -0.0324 e. The van der Waals surface area contributed by atoms with Gasteiger partial charge in [0.2, 0.25) is 0 Å². The second kappa shape index (κ2) is 12.8. The molecule has 0 aliphatic heterocycles. The molecule has 5 aliphatic carbocycles. The Morgan fingerprint density at radius 3 is 1.94 bits per heavy atom. The largest absolute Gasteiger partial charge is 0.0654 e. The highest BCUT2D eigenvalue weighted by atomic mass is 14.5. The third kappa shape index (κ3) is 6.61. The second-order valence-electron chi connectivity index (χ2n) is 13.9. The van der Waals surface area contributed by atoms with E-state index in [-0.39, 0.29) is 0 Å². The monoisotopic (exact) mass is 456 g/mol. The number of fused-ring (bicyclic) bond motifs is 1. The van der Waals surface area contributed by atoms with E-state index < -0.39 is 0 Å². The van der Waals surface area contributed by atoms with Crippen LogP contribution in [0, 0.1) is 59.2 Å². The molecule has 0 saturated heterocycles. The van der Waals surface area contributed by atoms with Crippen LogP contribution >= 0.6 is 0 Å². The Hall–Kier alpha value is 0. The van der Waals surface area contributed by atoms with Crippen molar-refractivity contribution in [1.29, 1.82) is 0 Å². The molecule has 0 nitrogen and oxygen atoms in total. The van der Waals surface area contributed by atoms with E-state index in [4.69, 9.17) is 0 Å². The molecule has 5 rings (SSSR count). The summed E-state index contributed by atoms with van der Waals surface area (Å²) in [4.78, 5) is 0. The fourth-order valence-electron chi connectivity index (χ4n) is 9.92. The van der Waals surface area contributed by atoms with Crippen molar-refractivity contribution in [2.45, 2.75) is 150 Å². The minimum absolute atomic E-state index is 1.02. The highest BCUT2D eigenvalue weighted by molar-refractivity contribution is 4.97. The Morgan fingerprint density at radius 2 is 1.30 bits per heavy atom. The molecule has 0 N–H and O–H groups in total. The molecule has 0 radical (unpaired) electrons. The Bertz CT molecular complexity index is 536. The summed E-state index contributed by atoms with van der Waals surface area (Å²) in [6.45, 7) is 9.77. The molecule has 0 amide bonds. The molecular formula is C33H60. The van der Waals surface area contributed by atoms with Crippen LogP contribution in [0.15, 0.2) is 0 Å². The average Bonchev–Trinajstić information content (AvgIpc) is 3.60. The van der Waals surface area contributed by atoms with Crippen LogP contribution in [0.1, 0.15) is 150 Å². The standard InChI is InChI=1S/C19H34.C14H26/c1-3-4-11-17-14(2)13-16-10-7-12-18(16)19(17)15-8-5-6-9-15;1-3-12-5-8-13(9-6-12)14-7-4-11(2)10-14/h14-19H,3-13H2,1-2H3;11-14H,3-10H2,1-2H3. The summed E-state index contributed by atoms with van der Waals surface area (Å²) in [5.41, 5.74) is 0. The van der Waals surface area contributed by atoms with Crippen LogP contribution in [-0.4, -0.2) is 0 Å². The first-order valence-corrected chi connectivity index (χ1v) is 16.1. The number of rotatable bonds is 6. The van der Waals surface area contributed by atoms with Gasteiger partial charge in [-0.2, -0.15) is 0 Å². The molecule has 0 aromatic heterocycles. The molecule has 33 heavy (non-hydrogen) atoms. The molecule has 0 aromatic carbocycles. The molecule has 5 fully saturated rings. The van der Waals surface area contributed by atoms with Crippen LogP contribution in [0.3, 0.4) is 0 Å². The minimum atomic E-state index is 1.02. The van der Waals surface area contributed by atoms with Gasteiger partial charge < -0.3 is 0 Å². The molecule has 0 spiro atoms. The van der Waals surface area contributed by atoms with E-state index in [0.717, 1.165) is 59.2 Å². The molecule has 5 saturated carbocycles. The quantitative estimate of drug-likeness (QED) is 0.373. The van der Waals surface area contributed by atoms with Gasteiger partial charge >= 0.3 is 0 Å². The first kappa shape index (κ1) is 26.1. The summed E-state index contributed by atoms with van der Waals surface area (Å²) in [6.07, 6.45) is 29.1. The molecule has 0 heterocycles. The van der Waals surface area contributed by atoms with Gasteiger partial charge in [0, 0.05) is 0 Å². The Labute approximate surface area is 208 Å². The summed E-state index contributed by atoms with van der Waals surface area (Å²) in [6, 6.07) is 0. The van der Waals surface area contributed by atoms with Crippen molar-refractivity contribution in [2.75, 3.05) is 0 Å². The zero-order valence-electron chi connectivity index (χ0n) is 23.2. The van der Waals surface area contributed by atoms with E-state index in [1.807, 2.05) is 0 Å². The lowest BCUT2D eigenvalue weighted by Crippen LogP contribution is -2.40. The van der Waals surface area contributed by atoms with Crippen molar-refractivity contribution in [2.24, 2.45) is 59.2 Å². The van der Waals surface area contributed by atoms with Crippen LogP contribution in [0.2, 0.25) is 0 Å². The summed E-state index contributed by atoms with van der Waals surface area (Å²) >= 11 is 0. The molecule has 5 aliphatic rings. The van der Waals surface area contributed by atoms with E-state index in [2.05, 4.69) is 27.7 Å². The first-order valence-electron chi connectivity index (χ1n) is 16.1. The Morgan fingerprint density at radius 1 is 0.606 bits per heavy atom. The van der Waals surface area contributed by atoms with Gasteiger partial charge in [-0.1, -0.05) is 105 Å². The van der Waals surface area contributed by atoms with Gasteiger partial charge in [0.25, 0.3) is 0 Å². The topological polar surface area (TPSA) is 0 Å². The maximum absolute atomic E-state index is 2.59. The highest BCUT2D eigenvalue weighted by Crippen LogP contribution is 2.56. The van der Waals surface area contributed by atoms with Gasteiger partial charge in [-0.15, -0.1) is 0 Å². The van der Waals surface area contributed by atoms with Gasteiger partial charge in [0.15, 0.2) is 0 Å². The van der Waals surface area contributed by atoms with E-state index in [1.54, 1.807) is 70.6 Å². The second-order valence-corrected chi connectivity index (χ2v) is 13.9. The van der Waals surface area contributed by atoms with Crippen molar-refractivity contribution in [1.82, 2.24) is 0 Å². The molecular weight excluding hydrogens is 396 g/mol. The summed E-state index contributed by atoms with van der Waals surface area (Å²) in [5.74, 6) is 11.0. The van der Waals surface area contributed by atoms with Crippen LogP contribution in [-0.2, 0) is 0 Å². The molecule has 7 atom stereocenters. The number of hydrogen-bond acceptors (Lipinski definition) is 0. The molecule has 0 aromatic rings. The smallest absolute Gasteiger partial charge is 0.0324 e. The van der Waals surface area contributed by atoms with Crippen molar-refractivity contribution in [3.8, 4) is 0 Å². The van der Waals surface area contributed by atoms with Gasteiger partial charge in [-0.05, 0) is 104 Å². The van der Waals surface area contributed by atoms with Crippen LogP contribution in [0.5, 0.6) is 0 Å². The maximum atomic E-state index is 2.59. The summed E-state index contributed by atoms with van der Waals surface area (Å²) in [7, 11) is 0. The average molecular weight is 457 g/mol. The summed E-state index contributed by atoms with van der Waals surface area (Å²) in [5, 5.41) is 0. The third-order valence-corrected chi connectivity index (χ3v) is 11.8. The number of hydrogen-bond donors (Lipinski definition) is 0. The van der Waals surface area contributed by atoms with E-state index in [0.29, 0.717) is 0 Å². The van der Waals surface area contributed by atoms with Crippen LogP contribution < -0.4 is 0 Å². The van der Waals surface area contributed by atoms with Crippen molar-refractivity contribution in [3.63, 3.8) is 0 Å². The van der Waals surface area contributed by atoms with E-state index in [1.165, 1.54) is 51.4 Å². The van der Waals surface area contributed by atoms with E-state index in [9.17, 15) is 0 Å². The molecule has 7 unspecified atom stereocenters. The van der Waals surface area contributed by atoms with Gasteiger partial charge in [-0.3, -0.25) is 0 Å². The lowest BCUT2D eigenvalue weighted by atomic mass is 9.58. The van der Waals surface area contributed by atoms with Crippen molar-refractivity contribution in [3.05, 3.63) is 0 Å². The summed E-state index contributed by atoms with van der Waals surface area (Å²) < 4.78 is 0. The third-order valence-electron chi connectivity index (χ3n) is 11.8. The van der Waals surface area contributed by atoms with Crippen molar-refractivity contribution < 1.29 is 0 Å². The van der Waals surface area contributed by atoms with Crippen LogP contribution in [0.4, 0.5) is 0 Å². The Balaban J connectivity index is 0.000000165. The first-order chi connectivity index (χ1) is 16.1. The normalized spacial score (nSPS) is 43.8. The zero-order valence-corrected chi connectivity index (χ0v) is 23.2. The highest BCUT2D eigenvalue weighted by Gasteiger charge is 2.47. The molecule has 0 heteroatoms. The lowest BCUT2D eigenvalue weighted by Gasteiger charge is -2.47. The van der Waals surface area contributed by atoms with Crippen LogP contribution in [0.25, 0.3) is 0 Å². The van der Waals surface area contributed by atoms with Gasteiger partial charge in [-0.25, -0.2) is 0 Å². The van der Waals surface area contributed by atoms with Crippen molar-refractivity contribution >= 4 is 0 Å². The Kier molecular flexibility index (Phi) is 10.1. The SMILES string of the molecule is CCC1CCC(C2CCC(C)C2)CC1.CCCCC1C(C)CC2CCCC2C1C1CCCC1. The fourth-order valence-corrected chi connectivity index (χ4v) is 9.92. The molecule has 192 valence electrons. The number of unbranched alkanes of at least 4 members (excludes halogenated alkanes) is 1. The van der Waals surface area contributed by atoms with E-state index >= 15 is 0 Å². The predicted molar refractivity (Wildman–Crippen MR) is 145 cm³/mol. The van der Waals surface area contributed by atoms with Gasteiger partial charge in [0.1, 0.15) is 0 Å². The fraction of sp³-hybridized carbons (Fsp3) is 1.00. The van der Waals surface area contributed by atoms with Gasteiger partial charge in [0.05, 0.1) is 0 Å². The minimum Gasteiger partial charge on any atom is -0.0654 e. The lowest BCUT2D eigenvalue weighted by molar-refractivity contribution is 0.0160. The molecule has 0 bridgehead atoms. The zero-order chi connectivity index (χ0) is 23.2. The predicted octanol–water partition coefficient (Wildman–Crippen LogP) is 10.7.